The number of aliphatic hydroxyl groups is 4. The van der Waals surface area contributed by atoms with Gasteiger partial charge in [0, 0.05) is 17.7 Å². The van der Waals surface area contributed by atoms with Crippen molar-refractivity contribution in [1.82, 2.24) is 10.2 Å². The maximum Gasteiger partial charge on any atom is 0.238 e. The average Bonchev–Trinajstić information content (AvgIpc) is 3.26. The lowest BCUT2D eigenvalue weighted by Gasteiger charge is -2.39. The Morgan fingerprint density at radius 2 is 1.83 bits per heavy atom. The van der Waals surface area contributed by atoms with Crippen LogP contribution in [-0.2, 0) is 17.8 Å². The predicted octanol–water partition coefficient (Wildman–Crippen LogP) is 2.02. The van der Waals surface area contributed by atoms with Crippen LogP contribution in [0, 0.1) is 5.82 Å². The van der Waals surface area contributed by atoms with E-state index in [1.165, 1.54) is 12.1 Å². The van der Waals surface area contributed by atoms with Gasteiger partial charge in [0.15, 0.2) is 0 Å². The Kier molecular flexibility index (Phi) is 8.22. The molecule has 0 bridgehead atoms. The summed E-state index contributed by atoms with van der Waals surface area (Å²) in [5.41, 5.74) is 3.02. The molecule has 1 aromatic heterocycles. The Labute approximate surface area is 208 Å². The summed E-state index contributed by atoms with van der Waals surface area (Å²) in [7, 11) is 0. The van der Waals surface area contributed by atoms with Gasteiger partial charge in [0.2, 0.25) is 12.2 Å². The smallest absolute Gasteiger partial charge is 0.238 e. The molecule has 1 aliphatic heterocycles. The van der Waals surface area contributed by atoms with Crippen LogP contribution >= 0.6 is 0 Å². The highest BCUT2D eigenvalue weighted by Gasteiger charge is 2.45. The van der Waals surface area contributed by atoms with Gasteiger partial charge in [-0.1, -0.05) is 44.2 Å². The quantitative estimate of drug-likeness (QED) is 0.300. The largest absolute Gasteiger partial charge is 0.489 e. The second kappa shape index (κ2) is 11.4. The number of aromatic amines is 1. The van der Waals surface area contributed by atoms with Gasteiger partial charge in [0.25, 0.3) is 0 Å². The molecule has 10 heteroatoms. The molecular formula is C26H31FN2O7. The zero-order valence-corrected chi connectivity index (χ0v) is 20.0. The summed E-state index contributed by atoms with van der Waals surface area (Å²) >= 11 is 0. The molecule has 5 N–H and O–H groups in total. The number of aliphatic hydroxyl groups excluding tert-OH is 4. The first-order chi connectivity index (χ1) is 17.3. The highest BCUT2D eigenvalue weighted by Crippen LogP contribution is 2.33. The lowest BCUT2D eigenvalue weighted by molar-refractivity contribution is -0.278. The van der Waals surface area contributed by atoms with Crippen molar-refractivity contribution in [2.45, 2.75) is 63.5 Å². The number of nitrogens with zero attached hydrogens (tertiary/aromatic N) is 1. The SMILES string of the molecule is CC(C)c1[nH]nc(OC2O[C@H](CO)[C@@H](O)[C@H](O)[C@H]2O)c1Cc1ccccc1OCc1cccc(F)c1. The summed E-state index contributed by atoms with van der Waals surface area (Å²) in [6.07, 6.45) is -6.71. The molecule has 1 saturated heterocycles. The van der Waals surface area contributed by atoms with Gasteiger partial charge in [-0.05, 0) is 35.2 Å². The Morgan fingerprint density at radius 1 is 1.06 bits per heavy atom. The van der Waals surface area contributed by atoms with Crippen molar-refractivity contribution in [2.75, 3.05) is 6.61 Å². The first-order valence-electron chi connectivity index (χ1n) is 11.8. The van der Waals surface area contributed by atoms with Crippen LogP contribution in [0.5, 0.6) is 11.6 Å². The first-order valence-corrected chi connectivity index (χ1v) is 11.8. The summed E-state index contributed by atoms with van der Waals surface area (Å²) in [6.45, 7) is 3.60. The maximum atomic E-state index is 13.5. The normalized spacial score (nSPS) is 24.2. The number of nitrogens with one attached hydrogen (secondary N) is 1. The van der Waals surface area contributed by atoms with Gasteiger partial charge in [-0.15, -0.1) is 5.10 Å². The molecular weight excluding hydrogens is 471 g/mol. The molecule has 1 aliphatic rings. The minimum Gasteiger partial charge on any atom is -0.489 e. The molecule has 0 amide bonds. The maximum absolute atomic E-state index is 13.5. The third kappa shape index (κ3) is 5.69. The van der Waals surface area contributed by atoms with E-state index in [2.05, 4.69) is 10.2 Å². The van der Waals surface area contributed by atoms with E-state index >= 15 is 0 Å². The van der Waals surface area contributed by atoms with E-state index < -0.39 is 37.3 Å². The lowest BCUT2D eigenvalue weighted by Crippen LogP contribution is -2.60. The summed E-state index contributed by atoms with van der Waals surface area (Å²) in [5.74, 6) is 0.485. The fourth-order valence-electron chi connectivity index (χ4n) is 4.15. The van der Waals surface area contributed by atoms with Crippen molar-refractivity contribution in [2.24, 2.45) is 0 Å². The van der Waals surface area contributed by atoms with Crippen molar-refractivity contribution in [1.29, 1.82) is 0 Å². The molecule has 1 unspecified atom stereocenters. The molecule has 4 rings (SSSR count). The number of hydrogen-bond acceptors (Lipinski definition) is 8. The molecule has 1 fully saturated rings. The molecule has 0 aliphatic carbocycles. The monoisotopic (exact) mass is 502 g/mol. The molecule has 2 aromatic carbocycles. The van der Waals surface area contributed by atoms with Crippen LogP contribution < -0.4 is 9.47 Å². The molecule has 36 heavy (non-hydrogen) atoms. The minimum atomic E-state index is -1.56. The van der Waals surface area contributed by atoms with E-state index in [0.29, 0.717) is 23.3 Å². The zero-order chi connectivity index (χ0) is 25.8. The third-order valence-corrected chi connectivity index (χ3v) is 6.14. The van der Waals surface area contributed by atoms with Crippen LogP contribution in [-0.4, -0.2) is 67.9 Å². The molecule has 0 saturated carbocycles. The van der Waals surface area contributed by atoms with Gasteiger partial charge in [0.1, 0.15) is 42.6 Å². The minimum absolute atomic E-state index is 0.0556. The Balaban J connectivity index is 1.57. The topological polar surface area (TPSA) is 137 Å². The van der Waals surface area contributed by atoms with E-state index in [0.717, 1.165) is 11.3 Å². The third-order valence-electron chi connectivity index (χ3n) is 6.14. The van der Waals surface area contributed by atoms with Gasteiger partial charge in [-0.25, -0.2) is 4.39 Å². The van der Waals surface area contributed by atoms with Gasteiger partial charge >= 0.3 is 0 Å². The molecule has 2 heterocycles. The van der Waals surface area contributed by atoms with Gasteiger partial charge < -0.3 is 34.6 Å². The summed E-state index contributed by atoms with van der Waals surface area (Å²) < 4.78 is 30.9. The number of hydrogen-bond donors (Lipinski definition) is 5. The van der Waals surface area contributed by atoms with Crippen LogP contribution in [0.3, 0.4) is 0 Å². The second-order valence-electron chi connectivity index (χ2n) is 9.09. The van der Waals surface area contributed by atoms with Crippen molar-refractivity contribution < 1.29 is 39.0 Å². The van der Waals surface area contributed by atoms with Crippen molar-refractivity contribution in [3.8, 4) is 11.6 Å². The fourth-order valence-corrected chi connectivity index (χ4v) is 4.15. The predicted molar refractivity (Wildman–Crippen MR) is 127 cm³/mol. The Bertz CT molecular complexity index is 1150. The van der Waals surface area contributed by atoms with Gasteiger partial charge in [0.05, 0.1) is 6.61 Å². The van der Waals surface area contributed by atoms with Crippen LogP contribution in [0.25, 0.3) is 0 Å². The summed E-state index contributed by atoms with van der Waals surface area (Å²) in [4.78, 5) is 0. The van der Waals surface area contributed by atoms with Crippen LogP contribution in [0.15, 0.2) is 48.5 Å². The highest BCUT2D eigenvalue weighted by atomic mass is 19.1. The average molecular weight is 503 g/mol. The number of aromatic nitrogens is 2. The number of H-pyrrole nitrogens is 1. The molecule has 9 nitrogen and oxygen atoms in total. The van der Waals surface area contributed by atoms with E-state index in [1.807, 2.05) is 38.1 Å². The van der Waals surface area contributed by atoms with Crippen molar-refractivity contribution >= 4 is 0 Å². The van der Waals surface area contributed by atoms with E-state index in [4.69, 9.17) is 14.2 Å². The Hall–Kier alpha value is -3.02. The number of para-hydroxylation sites is 1. The molecule has 0 radical (unpaired) electrons. The lowest BCUT2D eigenvalue weighted by atomic mass is 9.98. The molecule has 3 aromatic rings. The zero-order valence-electron chi connectivity index (χ0n) is 20.0. The molecule has 0 spiro atoms. The van der Waals surface area contributed by atoms with Crippen molar-refractivity contribution in [3.05, 3.63) is 76.7 Å². The van der Waals surface area contributed by atoms with Crippen LogP contribution in [0.1, 0.15) is 42.1 Å². The van der Waals surface area contributed by atoms with Crippen molar-refractivity contribution in [3.63, 3.8) is 0 Å². The Morgan fingerprint density at radius 3 is 2.56 bits per heavy atom. The van der Waals surface area contributed by atoms with E-state index in [-0.39, 0.29) is 24.2 Å². The molecule has 194 valence electrons. The van der Waals surface area contributed by atoms with Crippen LogP contribution in [0.2, 0.25) is 0 Å². The number of benzene rings is 2. The van der Waals surface area contributed by atoms with E-state index in [1.54, 1.807) is 12.1 Å². The molecule has 5 atom stereocenters. The van der Waals surface area contributed by atoms with E-state index in [9.17, 15) is 24.8 Å². The standard InChI is InChI=1S/C26H31FN2O7/c1-14(2)21-18(25(29-28-21)36-26-24(33)23(32)22(31)20(12-30)35-26)11-16-7-3-4-9-19(16)34-13-15-6-5-8-17(27)10-15/h3-10,14,20,22-24,26,30-33H,11-13H2,1-2H3,(H,28,29)/t20-,22-,23+,24-,26?/m1/s1. The van der Waals surface area contributed by atoms with Gasteiger partial charge in [-0.2, -0.15) is 0 Å². The second-order valence-corrected chi connectivity index (χ2v) is 9.09. The number of ether oxygens (including phenoxy) is 3. The summed E-state index contributed by atoms with van der Waals surface area (Å²) in [5, 5.41) is 47.2. The number of halogens is 1. The highest BCUT2D eigenvalue weighted by molar-refractivity contribution is 5.43. The first kappa shape index (κ1) is 26.1. The fraction of sp³-hybridized carbons (Fsp3) is 0.423. The van der Waals surface area contributed by atoms with Crippen LogP contribution in [0.4, 0.5) is 4.39 Å². The van der Waals surface area contributed by atoms with Gasteiger partial charge in [-0.3, -0.25) is 5.10 Å². The number of rotatable bonds is 9. The summed E-state index contributed by atoms with van der Waals surface area (Å²) in [6, 6.07) is 13.6.